The summed E-state index contributed by atoms with van der Waals surface area (Å²) in [5.74, 6) is 0.876. The standard InChI is InChI=1S/C9H9N3.C2H6O.C2H6/c1-10-9-7-4-2-3-5-8(7)11-6-12-9;1-3-2;1-2/h2-6H,1H3,(H,10,11,12);1-2H3;1-2H3. The van der Waals surface area contributed by atoms with Gasteiger partial charge in [-0.05, 0) is 12.1 Å². The monoisotopic (exact) mass is 235 g/mol. The molecule has 0 aliphatic rings. The van der Waals surface area contributed by atoms with Gasteiger partial charge in [0.15, 0.2) is 0 Å². The van der Waals surface area contributed by atoms with Gasteiger partial charge in [-0.25, -0.2) is 9.97 Å². The number of nitrogens with one attached hydrogen (secondary N) is 1. The Morgan fingerprint density at radius 1 is 1.06 bits per heavy atom. The molecule has 0 amide bonds. The van der Waals surface area contributed by atoms with Crippen LogP contribution in [0.3, 0.4) is 0 Å². The van der Waals surface area contributed by atoms with Gasteiger partial charge in [-0.2, -0.15) is 0 Å². The average Bonchev–Trinajstić information content (AvgIpc) is 2.41. The molecule has 94 valence electrons. The lowest BCUT2D eigenvalue weighted by Crippen LogP contribution is -1.93. The van der Waals surface area contributed by atoms with Crippen LogP contribution in [0.5, 0.6) is 0 Å². The predicted molar refractivity (Wildman–Crippen MR) is 73.4 cm³/mol. The number of methoxy groups -OCH3 is 1. The Hall–Kier alpha value is -1.68. The highest BCUT2D eigenvalue weighted by molar-refractivity contribution is 5.88. The smallest absolute Gasteiger partial charge is 0.137 e. The van der Waals surface area contributed by atoms with Crippen LogP contribution in [0, 0.1) is 0 Å². The van der Waals surface area contributed by atoms with Gasteiger partial charge in [0.2, 0.25) is 0 Å². The zero-order chi connectivity index (χ0) is 13.1. The van der Waals surface area contributed by atoms with E-state index < -0.39 is 0 Å². The van der Waals surface area contributed by atoms with E-state index in [1.54, 1.807) is 20.5 Å². The summed E-state index contributed by atoms with van der Waals surface area (Å²) in [6.45, 7) is 4.00. The highest BCUT2D eigenvalue weighted by Gasteiger charge is 1.98. The molecule has 4 nitrogen and oxygen atoms in total. The quantitative estimate of drug-likeness (QED) is 0.825. The van der Waals surface area contributed by atoms with Crippen molar-refractivity contribution in [2.75, 3.05) is 26.6 Å². The first-order valence-corrected chi connectivity index (χ1v) is 5.61. The van der Waals surface area contributed by atoms with E-state index in [2.05, 4.69) is 20.0 Å². The fourth-order valence-electron chi connectivity index (χ4n) is 1.20. The fraction of sp³-hybridized carbons (Fsp3) is 0.385. The van der Waals surface area contributed by atoms with Crippen molar-refractivity contribution < 1.29 is 4.74 Å². The van der Waals surface area contributed by atoms with E-state index >= 15 is 0 Å². The largest absolute Gasteiger partial charge is 0.388 e. The third-order valence-electron chi connectivity index (χ3n) is 1.78. The lowest BCUT2D eigenvalue weighted by molar-refractivity contribution is 0.277. The number of fused-ring (bicyclic) bond motifs is 1. The molecule has 0 fully saturated rings. The molecule has 0 radical (unpaired) electrons. The molecule has 0 unspecified atom stereocenters. The lowest BCUT2D eigenvalue weighted by atomic mass is 10.2. The molecule has 0 spiro atoms. The van der Waals surface area contributed by atoms with Crippen molar-refractivity contribution in [2.24, 2.45) is 0 Å². The molecule has 0 aliphatic heterocycles. The maximum Gasteiger partial charge on any atom is 0.137 e. The third-order valence-corrected chi connectivity index (χ3v) is 1.78. The number of hydrogen-bond donors (Lipinski definition) is 1. The van der Waals surface area contributed by atoms with Crippen molar-refractivity contribution in [3.05, 3.63) is 30.6 Å². The van der Waals surface area contributed by atoms with Gasteiger partial charge in [0.25, 0.3) is 0 Å². The Bertz CT molecular complexity index is 413. The summed E-state index contributed by atoms with van der Waals surface area (Å²) in [5.41, 5.74) is 0.969. The zero-order valence-electron chi connectivity index (χ0n) is 11.2. The number of rotatable bonds is 1. The van der Waals surface area contributed by atoms with Gasteiger partial charge < -0.3 is 10.1 Å². The second kappa shape index (κ2) is 9.54. The summed E-state index contributed by atoms with van der Waals surface area (Å²) >= 11 is 0. The van der Waals surface area contributed by atoms with E-state index in [9.17, 15) is 0 Å². The average molecular weight is 235 g/mol. The molecular weight excluding hydrogens is 214 g/mol. The number of anilines is 1. The summed E-state index contributed by atoms with van der Waals surface area (Å²) in [5, 5.41) is 4.08. The molecule has 0 atom stereocenters. The maximum atomic E-state index is 4.25. The minimum atomic E-state index is 0.876. The third kappa shape index (κ3) is 4.78. The summed E-state index contributed by atoms with van der Waals surface area (Å²) in [6.07, 6.45) is 1.56. The van der Waals surface area contributed by atoms with E-state index in [1.807, 2.05) is 45.2 Å². The summed E-state index contributed by atoms with van der Waals surface area (Å²) < 4.78 is 4.25. The van der Waals surface area contributed by atoms with E-state index in [0.29, 0.717) is 0 Å². The minimum absolute atomic E-state index is 0.876. The van der Waals surface area contributed by atoms with Crippen molar-refractivity contribution in [2.45, 2.75) is 13.8 Å². The molecule has 0 bridgehead atoms. The Balaban J connectivity index is 0.000000450. The predicted octanol–water partition coefficient (Wildman–Crippen LogP) is 2.96. The van der Waals surface area contributed by atoms with Gasteiger partial charge in [0, 0.05) is 26.7 Å². The van der Waals surface area contributed by atoms with E-state index in [0.717, 1.165) is 16.7 Å². The molecule has 1 N–H and O–H groups in total. The van der Waals surface area contributed by atoms with E-state index in [4.69, 9.17) is 0 Å². The Morgan fingerprint density at radius 2 is 1.65 bits per heavy atom. The van der Waals surface area contributed by atoms with Gasteiger partial charge in [-0.1, -0.05) is 26.0 Å². The highest BCUT2D eigenvalue weighted by atomic mass is 16.4. The first-order chi connectivity index (χ1) is 8.33. The molecule has 0 saturated carbocycles. The molecule has 0 aliphatic carbocycles. The van der Waals surface area contributed by atoms with Crippen LogP contribution in [0.15, 0.2) is 30.6 Å². The number of hydrogen-bond acceptors (Lipinski definition) is 4. The summed E-state index contributed by atoms with van der Waals surface area (Å²) in [7, 11) is 5.11. The number of ether oxygens (including phenoxy) is 1. The van der Waals surface area contributed by atoms with E-state index in [1.165, 1.54) is 0 Å². The second-order valence-corrected chi connectivity index (χ2v) is 2.90. The fourth-order valence-corrected chi connectivity index (χ4v) is 1.20. The van der Waals surface area contributed by atoms with Crippen LogP contribution in [0.2, 0.25) is 0 Å². The Kier molecular flexibility index (Phi) is 8.60. The van der Waals surface area contributed by atoms with E-state index in [-0.39, 0.29) is 0 Å². The molecular formula is C13H21N3O. The van der Waals surface area contributed by atoms with Gasteiger partial charge in [-0.15, -0.1) is 0 Å². The van der Waals surface area contributed by atoms with Gasteiger partial charge >= 0.3 is 0 Å². The maximum absolute atomic E-state index is 4.25. The van der Waals surface area contributed by atoms with Crippen molar-refractivity contribution in [1.29, 1.82) is 0 Å². The van der Waals surface area contributed by atoms with Crippen LogP contribution < -0.4 is 5.32 Å². The first-order valence-electron chi connectivity index (χ1n) is 5.61. The van der Waals surface area contributed by atoms with Crippen LogP contribution in [0.4, 0.5) is 5.82 Å². The molecule has 4 heteroatoms. The van der Waals surface area contributed by atoms with Crippen molar-refractivity contribution in [3.63, 3.8) is 0 Å². The zero-order valence-corrected chi connectivity index (χ0v) is 11.2. The molecule has 1 heterocycles. The molecule has 2 aromatic rings. The molecule has 0 saturated heterocycles. The first kappa shape index (κ1) is 15.3. The highest BCUT2D eigenvalue weighted by Crippen LogP contribution is 2.16. The number of benzene rings is 1. The molecule has 2 rings (SSSR count). The number of para-hydroxylation sites is 1. The van der Waals surface area contributed by atoms with Gasteiger partial charge in [0.05, 0.1) is 5.52 Å². The number of aromatic nitrogens is 2. The van der Waals surface area contributed by atoms with Gasteiger partial charge in [0.1, 0.15) is 12.1 Å². The molecule has 1 aromatic carbocycles. The summed E-state index contributed by atoms with van der Waals surface area (Å²) in [6, 6.07) is 7.92. The number of nitrogens with zero attached hydrogens (tertiary/aromatic N) is 2. The Morgan fingerprint density at radius 3 is 2.24 bits per heavy atom. The SMILES string of the molecule is CC.CNc1ncnc2ccccc12.COC. The topological polar surface area (TPSA) is 47.0 Å². The van der Waals surface area contributed by atoms with Gasteiger partial charge in [-0.3, -0.25) is 0 Å². The Labute approximate surface area is 103 Å². The second-order valence-electron chi connectivity index (χ2n) is 2.90. The summed E-state index contributed by atoms with van der Waals surface area (Å²) in [4.78, 5) is 8.24. The minimum Gasteiger partial charge on any atom is -0.388 e. The normalized spacial score (nSPS) is 8.53. The van der Waals surface area contributed by atoms with Crippen LogP contribution in [-0.2, 0) is 4.74 Å². The van der Waals surface area contributed by atoms with Crippen LogP contribution in [0.25, 0.3) is 10.9 Å². The van der Waals surface area contributed by atoms with Crippen molar-refractivity contribution in [1.82, 2.24) is 9.97 Å². The van der Waals surface area contributed by atoms with Crippen LogP contribution in [0.1, 0.15) is 13.8 Å². The van der Waals surface area contributed by atoms with Crippen molar-refractivity contribution >= 4 is 16.7 Å². The van der Waals surface area contributed by atoms with Crippen LogP contribution >= 0.6 is 0 Å². The molecule has 17 heavy (non-hydrogen) atoms. The van der Waals surface area contributed by atoms with Crippen molar-refractivity contribution in [3.8, 4) is 0 Å². The molecule has 1 aromatic heterocycles. The van der Waals surface area contributed by atoms with Crippen LogP contribution in [-0.4, -0.2) is 31.2 Å². The lowest BCUT2D eigenvalue weighted by Gasteiger charge is -2.01.